The number of unbranched alkanes of at least 4 members (excludes halogenated alkanes) is 1. The van der Waals surface area contributed by atoms with Gasteiger partial charge in [-0.05, 0) is 24.6 Å². The fourth-order valence-electron chi connectivity index (χ4n) is 2.44. The standard InChI is InChI=1S/C21H24N2O5/c1-3-4-13-28-21(26)16-10-6-7-11-17(16)23-20(25)19(24)22-14-15-9-5-8-12-18(15)27-2/h5-12H,3-4,13-14H2,1-2H3,(H,22,24)(H,23,25). The summed E-state index contributed by atoms with van der Waals surface area (Å²) in [5, 5.41) is 5.00. The van der Waals surface area contributed by atoms with Crippen molar-refractivity contribution in [1.29, 1.82) is 0 Å². The van der Waals surface area contributed by atoms with Crippen molar-refractivity contribution in [2.75, 3.05) is 19.0 Å². The molecule has 28 heavy (non-hydrogen) atoms. The first kappa shape index (κ1) is 21.0. The Morgan fingerprint density at radius 2 is 1.68 bits per heavy atom. The topological polar surface area (TPSA) is 93.7 Å². The van der Waals surface area contributed by atoms with E-state index in [-0.39, 0.29) is 17.8 Å². The van der Waals surface area contributed by atoms with Crippen molar-refractivity contribution >= 4 is 23.5 Å². The highest BCUT2D eigenvalue weighted by atomic mass is 16.5. The van der Waals surface area contributed by atoms with Crippen molar-refractivity contribution in [2.24, 2.45) is 0 Å². The molecule has 148 valence electrons. The first-order valence-corrected chi connectivity index (χ1v) is 9.04. The number of esters is 1. The van der Waals surface area contributed by atoms with E-state index in [1.807, 2.05) is 19.1 Å². The lowest BCUT2D eigenvalue weighted by atomic mass is 10.1. The van der Waals surface area contributed by atoms with Gasteiger partial charge in [0.05, 0.1) is 25.0 Å². The van der Waals surface area contributed by atoms with Crippen LogP contribution in [0.25, 0.3) is 0 Å². The molecule has 0 saturated carbocycles. The average Bonchev–Trinajstić information content (AvgIpc) is 2.72. The van der Waals surface area contributed by atoms with Gasteiger partial charge in [0.1, 0.15) is 5.75 Å². The van der Waals surface area contributed by atoms with Gasteiger partial charge in [-0.25, -0.2) is 4.79 Å². The fourth-order valence-corrected chi connectivity index (χ4v) is 2.44. The maximum atomic E-state index is 12.2. The molecule has 0 aromatic heterocycles. The third-order valence-corrected chi connectivity index (χ3v) is 3.96. The summed E-state index contributed by atoms with van der Waals surface area (Å²) in [7, 11) is 1.53. The van der Waals surface area contributed by atoms with Crippen LogP contribution in [-0.4, -0.2) is 31.5 Å². The normalized spacial score (nSPS) is 10.1. The van der Waals surface area contributed by atoms with Crippen LogP contribution < -0.4 is 15.4 Å². The van der Waals surface area contributed by atoms with Crippen molar-refractivity contribution < 1.29 is 23.9 Å². The van der Waals surface area contributed by atoms with Crippen LogP contribution in [-0.2, 0) is 20.9 Å². The van der Waals surface area contributed by atoms with Crippen molar-refractivity contribution in [2.45, 2.75) is 26.3 Å². The summed E-state index contributed by atoms with van der Waals surface area (Å²) in [5.74, 6) is -1.62. The zero-order chi connectivity index (χ0) is 20.4. The predicted octanol–water partition coefficient (Wildman–Crippen LogP) is 2.91. The average molecular weight is 384 g/mol. The second-order valence-corrected chi connectivity index (χ2v) is 5.98. The smallest absolute Gasteiger partial charge is 0.340 e. The second-order valence-electron chi connectivity index (χ2n) is 5.98. The van der Waals surface area contributed by atoms with Gasteiger partial charge in [-0.15, -0.1) is 0 Å². The van der Waals surface area contributed by atoms with Gasteiger partial charge in [0.2, 0.25) is 0 Å². The van der Waals surface area contributed by atoms with Gasteiger partial charge in [-0.1, -0.05) is 43.7 Å². The number of rotatable bonds is 8. The minimum absolute atomic E-state index is 0.136. The number of carbonyl (C=O) groups excluding carboxylic acids is 3. The van der Waals surface area contributed by atoms with E-state index in [0.29, 0.717) is 12.4 Å². The molecule has 7 heteroatoms. The quantitative estimate of drug-likeness (QED) is 0.415. The lowest BCUT2D eigenvalue weighted by molar-refractivity contribution is -0.136. The Balaban J connectivity index is 1.98. The van der Waals surface area contributed by atoms with E-state index < -0.39 is 17.8 Å². The Labute approximate surface area is 164 Å². The first-order chi connectivity index (χ1) is 13.6. The molecule has 2 amide bonds. The molecule has 0 aliphatic heterocycles. The summed E-state index contributed by atoms with van der Waals surface area (Å²) >= 11 is 0. The number of methoxy groups -OCH3 is 1. The summed E-state index contributed by atoms with van der Waals surface area (Å²) in [6.45, 7) is 2.43. The largest absolute Gasteiger partial charge is 0.496 e. The van der Waals surface area contributed by atoms with Crippen LogP contribution in [0.15, 0.2) is 48.5 Å². The lowest BCUT2D eigenvalue weighted by Gasteiger charge is -2.12. The molecule has 0 aliphatic rings. The first-order valence-electron chi connectivity index (χ1n) is 9.04. The van der Waals surface area contributed by atoms with E-state index in [2.05, 4.69) is 10.6 Å². The zero-order valence-electron chi connectivity index (χ0n) is 16.0. The second kappa shape index (κ2) is 10.7. The molecule has 0 aliphatic carbocycles. The van der Waals surface area contributed by atoms with Gasteiger partial charge in [0.25, 0.3) is 0 Å². The molecular formula is C21H24N2O5. The molecule has 2 N–H and O–H groups in total. The van der Waals surface area contributed by atoms with Crippen LogP contribution in [0.1, 0.15) is 35.7 Å². The summed E-state index contributed by atoms with van der Waals surface area (Å²) in [6, 6.07) is 13.6. The minimum atomic E-state index is -0.872. The van der Waals surface area contributed by atoms with Crippen LogP contribution in [0.5, 0.6) is 5.75 Å². The number of hydrogen-bond acceptors (Lipinski definition) is 5. The molecule has 0 unspecified atom stereocenters. The Bertz CT molecular complexity index is 835. The number of benzene rings is 2. The number of ether oxygens (including phenoxy) is 2. The SMILES string of the molecule is CCCCOC(=O)c1ccccc1NC(=O)C(=O)NCc1ccccc1OC. The van der Waals surface area contributed by atoms with E-state index in [0.717, 1.165) is 18.4 Å². The van der Waals surface area contributed by atoms with Crippen molar-refractivity contribution in [1.82, 2.24) is 5.32 Å². The van der Waals surface area contributed by atoms with Crippen LogP contribution >= 0.6 is 0 Å². The van der Waals surface area contributed by atoms with Crippen molar-refractivity contribution in [3.63, 3.8) is 0 Å². The molecule has 7 nitrogen and oxygen atoms in total. The number of carbonyl (C=O) groups is 3. The summed E-state index contributed by atoms with van der Waals surface area (Å²) in [5.41, 5.74) is 1.16. The maximum Gasteiger partial charge on any atom is 0.340 e. The predicted molar refractivity (Wildman–Crippen MR) is 105 cm³/mol. The lowest BCUT2D eigenvalue weighted by Crippen LogP contribution is -2.35. The molecule has 2 aromatic carbocycles. The van der Waals surface area contributed by atoms with Gasteiger partial charge < -0.3 is 20.1 Å². The monoisotopic (exact) mass is 384 g/mol. The third-order valence-electron chi connectivity index (χ3n) is 3.96. The van der Waals surface area contributed by atoms with Crippen LogP contribution in [0.4, 0.5) is 5.69 Å². The van der Waals surface area contributed by atoms with Gasteiger partial charge in [0.15, 0.2) is 0 Å². The summed E-state index contributed by atoms with van der Waals surface area (Å²) < 4.78 is 10.4. The molecule has 0 atom stereocenters. The Morgan fingerprint density at radius 1 is 0.964 bits per heavy atom. The minimum Gasteiger partial charge on any atom is -0.496 e. The number of nitrogens with one attached hydrogen (secondary N) is 2. The highest BCUT2D eigenvalue weighted by molar-refractivity contribution is 6.39. The van der Waals surface area contributed by atoms with E-state index in [1.165, 1.54) is 13.2 Å². The Kier molecular flexibility index (Phi) is 8.02. The maximum absolute atomic E-state index is 12.2. The summed E-state index contributed by atoms with van der Waals surface area (Å²) in [4.78, 5) is 36.5. The van der Waals surface area contributed by atoms with Gasteiger partial charge in [-0.3, -0.25) is 9.59 Å². The number of anilines is 1. The highest BCUT2D eigenvalue weighted by Crippen LogP contribution is 2.18. The number of hydrogen-bond donors (Lipinski definition) is 2. The third kappa shape index (κ3) is 5.84. The van der Waals surface area contributed by atoms with Gasteiger partial charge in [-0.2, -0.15) is 0 Å². The van der Waals surface area contributed by atoms with Gasteiger partial charge in [0, 0.05) is 12.1 Å². The molecule has 0 saturated heterocycles. The van der Waals surface area contributed by atoms with E-state index in [9.17, 15) is 14.4 Å². The molecule has 0 spiro atoms. The van der Waals surface area contributed by atoms with Crippen LogP contribution in [0.3, 0.4) is 0 Å². The molecule has 2 rings (SSSR count). The van der Waals surface area contributed by atoms with Gasteiger partial charge >= 0.3 is 17.8 Å². The number of amides is 2. The van der Waals surface area contributed by atoms with Crippen LogP contribution in [0, 0.1) is 0 Å². The number of para-hydroxylation sites is 2. The molecular weight excluding hydrogens is 360 g/mol. The fraction of sp³-hybridized carbons (Fsp3) is 0.286. The molecule has 0 bridgehead atoms. The molecule has 0 fully saturated rings. The molecule has 2 aromatic rings. The zero-order valence-corrected chi connectivity index (χ0v) is 16.0. The van der Waals surface area contributed by atoms with E-state index in [4.69, 9.17) is 9.47 Å². The van der Waals surface area contributed by atoms with Crippen molar-refractivity contribution in [3.05, 3.63) is 59.7 Å². The van der Waals surface area contributed by atoms with Crippen molar-refractivity contribution in [3.8, 4) is 5.75 Å². The Morgan fingerprint density at radius 3 is 2.43 bits per heavy atom. The highest BCUT2D eigenvalue weighted by Gasteiger charge is 2.18. The molecule has 0 heterocycles. The summed E-state index contributed by atoms with van der Waals surface area (Å²) in [6.07, 6.45) is 1.66. The van der Waals surface area contributed by atoms with Crippen LogP contribution in [0.2, 0.25) is 0 Å². The Hall–Kier alpha value is -3.35. The molecule has 0 radical (unpaired) electrons. The van der Waals surface area contributed by atoms with E-state index >= 15 is 0 Å². The van der Waals surface area contributed by atoms with E-state index in [1.54, 1.807) is 30.3 Å².